The zero-order valence-corrected chi connectivity index (χ0v) is 14.1. The molecule has 1 aromatic carbocycles. The van der Waals surface area contributed by atoms with Gasteiger partial charge in [-0.25, -0.2) is 13.1 Å². The summed E-state index contributed by atoms with van der Waals surface area (Å²) in [6, 6.07) is 7.33. The molecule has 6 heteroatoms. The first-order valence-electron chi connectivity index (χ1n) is 6.96. The maximum Gasteiger partial charge on any atom is 0.242 e. The van der Waals surface area contributed by atoms with Crippen molar-refractivity contribution in [3.63, 3.8) is 0 Å². The third-order valence-electron chi connectivity index (χ3n) is 3.32. The highest BCUT2D eigenvalue weighted by Crippen LogP contribution is 2.35. The molecule has 4 nitrogen and oxygen atoms in total. The molecule has 0 bridgehead atoms. The van der Waals surface area contributed by atoms with Crippen LogP contribution in [0.4, 0.5) is 0 Å². The molecule has 0 radical (unpaired) electrons. The van der Waals surface area contributed by atoms with Gasteiger partial charge in [0.2, 0.25) is 10.0 Å². The van der Waals surface area contributed by atoms with Crippen LogP contribution in [0.1, 0.15) is 38.5 Å². The van der Waals surface area contributed by atoms with Crippen molar-refractivity contribution < 1.29 is 13.5 Å². The molecule has 0 aliphatic heterocycles. The lowest BCUT2D eigenvalue weighted by Gasteiger charge is -2.25. The largest absolute Gasteiger partial charge is 0.391 e. The van der Waals surface area contributed by atoms with Gasteiger partial charge < -0.3 is 5.11 Å². The molecule has 2 aromatic rings. The summed E-state index contributed by atoms with van der Waals surface area (Å²) < 4.78 is 29.2. The van der Waals surface area contributed by atoms with Gasteiger partial charge >= 0.3 is 0 Å². The zero-order valence-electron chi connectivity index (χ0n) is 12.5. The number of benzene rings is 1. The van der Waals surface area contributed by atoms with Crippen molar-refractivity contribution in [2.75, 3.05) is 0 Å². The van der Waals surface area contributed by atoms with Gasteiger partial charge in [-0.15, -0.1) is 11.3 Å². The molecule has 0 atom stereocenters. The van der Waals surface area contributed by atoms with Crippen molar-refractivity contribution >= 4 is 31.4 Å². The first kappa shape index (κ1) is 16.4. The smallest absolute Gasteiger partial charge is 0.242 e. The number of sulfonamides is 1. The molecular weight excluding hydrogens is 306 g/mol. The Kier molecular flexibility index (Phi) is 4.72. The summed E-state index contributed by atoms with van der Waals surface area (Å²) in [5, 5.41) is 10.2. The third-order valence-corrected chi connectivity index (χ3v) is 6.43. The van der Waals surface area contributed by atoms with E-state index < -0.39 is 15.6 Å². The molecule has 1 heterocycles. The summed E-state index contributed by atoms with van der Waals surface area (Å²) >= 11 is 1.32. The van der Waals surface area contributed by atoms with Crippen molar-refractivity contribution in [2.24, 2.45) is 0 Å². The van der Waals surface area contributed by atoms with Gasteiger partial charge in [0.25, 0.3) is 0 Å². The fourth-order valence-corrected chi connectivity index (χ4v) is 5.80. The molecule has 0 saturated heterocycles. The highest BCUT2D eigenvalue weighted by atomic mass is 32.2. The van der Waals surface area contributed by atoms with E-state index in [2.05, 4.69) is 4.72 Å². The van der Waals surface area contributed by atoms with Gasteiger partial charge in [-0.05, 0) is 26.3 Å². The predicted octanol–water partition coefficient (Wildman–Crippen LogP) is 3.25. The van der Waals surface area contributed by atoms with E-state index in [-0.39, 0.29) is 11.5 Å². The Bertz CT molecular complexity index is 732. The van der Waals surface area contributed by atoms with Gasteiger partial charge in [0.1, 0.15) is 4.90 Å². The lowest BCUT2D eigenvalue weighted by Crippen LogP contribution is -2.43. The molecule has 2 N–H and O–H groups in total. The van der Waals surface area contributed by atoms with Crippen LogP contribution in [0.5, 0.6) is 0 Å². The molecule has 2 rings (SSSR count). The number of fused-ring (bicyclic) bond motifs is 1. The number of nitrogens with one attached hydrogen (secondary N) is 1. The number of rotatable bonds is 6. The fourth-order valence-electron chi connectivity index (χ4n) is 2.56. The van der Waals surface area contributed by atoms with E-state index in [0.29, 0.717) is 10.3 Å². The van der Waals surface area contributed by atoms with Gasteiger partial charge in [0.15, 0.2) is 0 Å². The SMILES string of the molecule is CCCC(C)(C)NS(=O)(=O)c1c(CO)sc2ccccc12. The van der Waals surface area contributed by atoms with Crippen LogP contribution in [0, 0.1) is 0 Å². The van der Waals surface area contributed by atoms with E-state index in [1.807, 2.05) is 39.0 Å². The Labute approximate surface area is 129 Å². The van der Waals surface area contributed by atoms with Crippen molar-refractivity contribution in [1.82, 2.24) is 4.72 Å². The van der Waals surface area contributed by atoms with Gasteiger partial charge in [0.05, 0.1) is 11.5 Å². The van der Waals surface area contributed by atoms with Crippen molar-refractivity contribution in [3.8, 4) is 0 Å². The molecule has 116 valence electrons. The number of aliphatic hydroxyl groups is 1. The molecule has 0 unspecified atom stereocenters. The van der Waals surface area contributed by atoms with E-state index in [9.17, 15) is 13.5 Å². The molecule has 0 saturated carbocycles. The van der Waals surface area contributed by atoms with E-state index >= 15 is 0 Å². The number of aliphatic hydroxyl groups excluding tert-OH is 1. The summed E-state index contributed by atoms with van der Waals surface area (Å²) in [6.45, 7) is 5.50. The Morgan fingerprint density at radius 1 is 1.29 bits per heavy atom. The first-order valence-corrected chi connectivity index (χ1v) is 9.26. The highest BCUT2D eigenvalue weighted by molar-refractivity contribution is 7.90. The summed E-state index contributed by atoms with van der Waals surface area (Å²) in [7, 11) is -3.67. The second-order valence-electron chi connectivity index (χ2n) is 5.75. The second-order valence-corrected chi connectivity index (χ2v) is 8.50. The molecule has 0 aliphatic rings. The molecule has 1 aromatic heterocycles. The van der Waals surface area contributed by atoms with E-state index in [1.54, 1.807) is 6.07 Å². The lowest BCUT2D eigenvalue weighted by atomic mass is 10.0. The summed E-state index contributed by atoms with van der Waals surface area (Å²) in [4.78, 5) is 0.700. The normalized spacial score (nSPS) is 13.0. The van der Waals surface area contributed by atoms with Crippen molar-refractivity contribution in [1.29, 1.82) is 0 Å². The van der Waals surface area contributed by atoms with Crippen molar-refractivity contribution in [2.45, 2.75) is 50.7 Å². The molecule has 0 aliphatic carbocycles. The minimum Gasteiger partial charge on any atom is -0.391 e. The van der Waals surface area contributed by atoms with Crippen LogP contribution >= 0.6 is 11.3 Å². The Morgan fingerprint density at radius 2 is 1.95 bits per heavy atom. The Balaban J connectivity index is 2.54. The summed E-state index contributed by atoms with van der Waals surface area (Å²) in [5.74, 6) is 0. The van der Waals surface area contributed by atoms with Crippen LogP contribution in [-0.4, -0.2) is 19.1 Å². The molecular formula is C15H21NO3S2. The highest BCUT2D eigenvalue weighted by Gasteiger charge is 2.30. The van der Waals surface area contributed by atoms with E-state index in [1.165, 1.54) is 11.3 Å². The average Bonchev–Trinajstić information content (AvgIpc) is 2.76. The summed E-state index contributed by atoms with van der Waals surface area (Å²) in [6.07, 6.45) is 1.65. The number of hydrogen-bond donors (Lipinski definition) is 2. The predicted molar refractivity (Wildman–Crippen MR) is 87.1 cm³/mol. The lowest BCUT2D eigenvalue weighted by molar-refractivity contribution is 0.282. The average molecular weight is 327 g/mol. The van der Waals surface area contributed by atoms with Crippen LogP contribution in [0.3, 0.4) is 0 Å². The Hall–Kier alpha value is -0.950. The van der Waals surface area contributed by atoms with Crippen LogP contribution in [0.25, 0.3) is 10.1 Å². The minimum absolute atomic E-state index is 0.217. The summed E-state index contributed by atoms with van der Waals surface area (Å²) in [5.41, 5.74) is -0.511. The maximum atomic E-state index is 12.8. The van der Waals surface area contributed by atoms with E-state index in [0.717, 1.165) is 17.5 Å². The topological polar surface area (TPSA) is 66.4 Å². The fraction of sp³-hybridized carbons (Fsp3) is 0.467. The first-order chi connectivity index (χ1) is 9.80. The number of thiophene rings is 1. The number of hydrogen-bond acceptors (Lipinski definition) is 4. The van der Waals surface area contributed by atoms with Gasteiger partial charge in [0, 0.05) is 15.6 Å². The molecule has 0 spiro atoms. The monoisotopic (exact) mass is 327 g/mol. The van der Waals surface area contributed by atoms with Gasteiger partial charge in [-0.1, -0.05) is 31.5 Å². The minimum atomic E-state index is -3.67. The van der Waals surface area contributed by atoms with Crippen LogP contribution < -0.4 is 4.72 Å². The van der Waals surface area contributed by atoms with E-state index in [4.69, 9.17) is 0 Å². The van der Waals surface area contributed by atoms with Gasteiger partial charge in [-0.3, -0.25) is 0 Å². The Morgan fingerprint density at radius 3 is 2.57 bits per heavy atom. The van der Waals surface area contributed by atoms with Gasteiger partial charge in [-0.2, -0.15) is 0 Å². The second kappa shape index (κ2) is 6.04. The van der Waals surface area contributed by atoms with Crippen LogP contribution in [-0.2, 0) is 16.6 Å². The van der Waals surface area contributed by atoms with Crippen LogP contribution in [0.15, 0.2) is 29.2 Å². The quantitative estimate of drug-likeness (QED) is 0.856. The molecule has 0 fully saturated rings. The maximum absolute atomic E-state index is 12.8. The third kappa shape index (κ3) is 3.45. The van der Waals surface area contributed by atoms with Crippen molar-refractivity contribution in [3.05, 3.63) is 29.1 Å². The van der Waals surface area contributed by atoms with Crippen LogP contribution in [0.2, 0.25) is 0 Å². The molecule has 21 heavy (non-hydrogen) atoms. The standard InChI is InChI=1S/C15H21NO3S2/c1-4-9-15(2,3)16-21(18,19)14-11-7-5-6-8-12(11)20-13(14)10-17/h5-8,16-17H,4,9-10H2,1-3H3. The molecule has 0 amide bonds. The zero-order chi connectivity index (χ0) is 15.7.